The summed E-state index contributed by atoms with van der Waals surface area (Å²) in [6, 6.07) is 5.78. The summed E-state index contributed by atoms with van der Waals surface area (Å²) in [6.07, 6.45) is 6.13. The van der Waals surface area contributed by atoms with Crippen LogP contribution in [-0.4, -0.2) is 29.8 Å². The fourth-order valence-electron chi connectivity index (χ4n) is 2.69. The number of fused-ring (bicyclic) bond motifs is 1. The molecule has 21 heavy (non-hydrogen) atoms. The van der Waals surface area contributed by atoms with Crippen LogP contribution in [0.4, 0.5) is 5.69 Å². The Morgan fingerprint density at radius 3 is 2.52 bits per heavy atom. The molecule has 2 rings (SSSR count). The van der Waals surface area contributed by atoms with E-state index in [0.29, 0.717) is 17.2 Å². The van der Waals surface area contributed by atoms with E-state index in [0.717, 1.165) is 12.1 Å². The molecule has 1 aromatic carbocycles. The minimum atomic E-state index is -0.214. The summed E-state index contributed by atoms with van der Waals surface area (Å²) in [6.45, 7) is 4.36. The fraction of sp³-hybridized carbons (Fsp3) is 0.529. The smallest absolute Gasteiger partial charge is 0.261 e. The number of carbonyl (C=O) groups is 2. The number of carbonyl (C=O) groups excluding carboxylic acids is 2. The molecule has 0 radical (unpaired) electrons. The molecule has 1 aromatic rings. The Morgan fingerprint density at radius 1 is 1.10 bits per heavy atom. The predicted octanol–water partition coefficient (Wildman–Crippen LogP) is 3.68. The maximum atomic E-state index is 12.0. The molecule has 1 atom stereocenters. The van der Waals surface area contributed by atoms with Crippen molar-refractivity contribution in [1.82, 2.24) is 4.90 Å². The largest absolute Gasteiger partial charge is 0.383 e. The lowest BCUT2D eigenvalue weighted by atomic mass is 10.1. The number of hydrogen-bond acceptors (Lipinski definition) is 3. The van der Waals surface area contributed by atoms with Crippen LogP contribution >= 0.6 is 0 Å². The molecule has 1 unspecified atom stereocenters. The second kappa shape index (κ2) is 6.74. The van der Waals surface area contributed by atoms with Crippen LogP contribution in [0.15, 0.2) is 18.2 Å². The Bertz CT molecular complexity index is 540. The molecule has 1 aliphatic heterocycles. The third-order valence-corrected chi connectivity index (χ3v) is 3.99. The number of nitrogens with zero attached hydrogens (tertiary/aromatic N) is 1. The van der Waals surface area contributed by atoms with Crippen molar-refractivity contribution in [3.8, 4) is 0 Å². The maximum Gasteiger partial charge on any atom is 0.261 e. The van der Waals surface area contributed by atoms with Crippen LogP contribution in [0, 0.1) is 0 Å². The van der Waals surface area contributed by atoms with Gasteiger partial charge < -0.3 is 5.32 Å². The molecule has 0 saturated carbocycles. The molecule has 0 saturated heterocycles. The van der Waals surface area contributed by atoms with Gasteiger partial charge in [0.2, 0.25) is 0 Å². The lowest BCUT2D eigenvalue weighted by molar-refractivity contribution is 0.0693. The third-order valence-electron chi connectivity index (χ3n) is 3.99. The molecule has 0 aliphatic carbocycles. The average Bonchev–Trinajstić information content (AvgIpc) is 2.68. The minimum Gasteiger partial charge on any atom is -0.383 e. The van der Waals surface area contributed by atoms with Crippen LogP contribution in [0.2, 0.25) is 0 Å². The van der Waals surface area contributed by atoms with Crippen LogP contribution in [0.5, 0.6) is 0 Å². The average molecular weight is 288 g/mol. The van der Waals surface area contributed by atoms with Gasteiger partial charge in [0.15, 0.2) is 0 Å². The molecule has 1 N–H and O–H groups in total. The van der Waals surface area contributed by atoms with Crippen molar-refractivity contribution in [2.24, 2.45) is 0 Å². The van der Waals surface area contributed by atoms with E-state index in [1.807, 2.05) is 6.07 Å². The summed E-state index contributed by atoms with van der Waals surface area (Å²) < 4.78 is 0. The van der Waals surface area contributed by atoms with Crippen LogP contribution in [-0.2, 0) is 0 Å². The number of amides is 2. The molecule has 4 nitrogen and oxygen atoms in total. The van der Waals surface area contributed by atoms with Gasteiger partial charge in [-0.3, -0.25) is 14.5 Å². The number of imide groups is 1. The minimum absolute atomic E-state index is 0.214. The van der Waals surface area contributed by atoms with E-state index in [4.69, 9.17) is 0 Å². The van der Waals surface area contributed by atoms with Gasteiger partial charge in [-0.05, 0) is 31.5 Å². The second-order valence-corrected chi connectivity index (χ2v) is 5.82. The highest BCUT2D eigenvalue weighted by Crippen LogP contribution is 2.25. The van der Waals surface area contributed by atoms with Gasteiger partial charge in [-0.1, -0.05) is 32.6 Å². The van der Waals surface area contributed by atoms with Gasteiger partial charge in [0.25, 0.3) is 11.8 Å². The lowest BCUT2D eigenvalue weighted by Crippen LogP contribution is -2.24. The number of benzene rings is 1. The van der Waals surface area contributed by atoms with Crippen LogP contribution in [0.3, 0.4) is 0 Å². The summed E-state index contributed by atoms with van der Waals surface area (Å²) in [5.74, 6) is -0.427. The number of unbranched alkanes of at least 4 members (excludes halogenated alkanes) is 3. The summed E-state index contributed by atoms with van der Waals surface area (Å²) in [7, 11) is 1.52. The van der Waals surface area contributed by atoms with Crippen molar-refractivity contribution >= 4 is 17.5 Å². The molecular formula is C17H24N2O2. The van der Waals surface area contributed by atoms with Crippen molar-refractivity contribution < 1.29 is 9.59 Å². The Kier molecular flexibility index (Phi) is 4.99. The number of nitrogens with one attached hydrogen (secondary N) is 1. The van der Waals surface area contributed by atoms with E-state index in [-0.39, 0.29) is 11.8 Å². The van der Waals surface area contributed by atoms with E-state index in [9.17, 15) is 9.59 Å². The molecule has 0 aromatic heterocycles. The highest BCUT2D eigenvalue weighted by atomic mass is 16.2. The van der Waals surface area contributed by atoms with E-state index in [2.05, 4.69) is 19.2 Å². The summed E-state index contributed by atoms with van der Waals surface area (Å²) >= 11 is 0. The summed E-state index contributed by atoms with van der Waals surface area (Å²) in [5.41, 5.74) is 1.92. The highest BCUT2D eigenvalue weighted by Gasteiger charge is 2.32. The SMILES string of the molecule is CCCCCCC(C)Nc1ccc2c(c1)C(=O)N(C)C2=O. The van der Waals surface area contributed by atoms with Crippen molar-refractivity contribution in [2.45, 2.75) is 52.0 Å². The van der Waals surface area contributed by atoms with E-state index in [1.54, 1.807) is 12.1 Å². The summed E-state index contributed by atoms with van der Waals surface area (Å²) in [5, 5.41) is 3.42. The Balaban J connectivity index is 1.97. The highest BCUT2D eigenvalue weighted by molar-refractivity contribution is 6.21. The molecule has 0 spiro atoms. The van der Waals surface area contributed by atoms with Crippen LogP contribution in [0.1, 0.15) is 66.7 Å². The van der Waals surface area contributed by atoms with Gasteiger partial charge in [0.05, 0.1) is 11.1 Å². The fourth-order valence-corrected chi connectivity index (χ4v) is 2.69. The Labute approximate surface area is 126 Å². The Morgan fingerprint density at radius 2 is 1.81 bits per heavy atom. The maximum absolute atomic E-state index is 12.0. The van der Waals surface area contributed by atoms with Gasteiger partial charge in [-0.15, -0.1) is 0 Å². The molecular weight excluding hydrogens is 264 g/mol. The summed E-state index contributed by atoms with van der Waals surface area (Å²) in [4.78, 5) is 25.0. The van der Waals surface area contributed by atoms with Crippen molar-refractivity contribution in [1.29, 1.82) is 0 Å². The second-order valence-electron chi connectivity index (χ2n) is 5.82. The van der Waals surface area contributed by atoms with E-state index >= 15 is 0 Å². The molecule has 114 valence electrons. The number of anilines is 1. The standard InChI is InChI=1S/C17H24N2O2/c1-4-5-6-7-8-12(2)18-13-9-10-14-15(11-13)17(21)19(3)16(14)20/h9-12,18H,4-8H2,1-3H3. The first-order chi connectivity index (χ1) is 10.0. The zero-order chi connectivity index (χ0) is 15.4. The lowest BCUT2D eigenvalue weighted by Gasteiger charge is -2.15. The molecule has 1 heterocycles. The zero-order valence-electron chi connectivity index (χ0n) is 13.1. The van der Waals surface area contributed by atoms with Crippen molar-refractivity contribution in [3.63, 3.8) is 0 Å². The first-order valence-electron chi connectivity index (χ1n) is 7.77. The first-order valence-corrected chi connectivity index (χ1v) is 7.77. The quantitative estimate of drug-likeness (QED) is 0.615. The molecule has 2 amide bonds. The number of rotatable bonds is 7. The predicted molar refractivity (Wildman–Crippen MR) is 84.7 cm³/mol. The monoisotopic (exact) mass is 288 g/mol. The van der Waals surface area contributed by atoms with E-state index < -0.39 is 0 Å². The van der Waals surface area contributed by atoms with Crippen LogP contribution in [0.25, 0.3) is 0 Å². The first kappa shape index (κ1) is 15.5. The number of hydrogen-bond donors (Lipinski definition) is 1. The Hall–Kier alpha value is -1.84. The molecule has 1 aliphatic rings. The van der Waals surface area contributed by atoms with Crippen molar-refractivity contribution in [2.75, 3.05) is 12.4 Å². The van der Waals surface area contributed by atoms with Gasteiger partial charge >= 0.3 is 0 Å². The van der Waals surface area contributed by atoms with Gasteiger partial charge in [-0.25, -0.2) is 0 Å². The molecule has 4 heteroatoms. The van der Waals surface area contributed by atoms with Gasteiger partial charge in [0.1, 0.15) is 0 Å². The third kappa shape index (κ3) is 3.43. The molecule has 0 fully saturated rings. The van der Waals surface area contributed by atoms with E-state index in [1.165, 1.54) is 37.6 Å². The normalized spacial score (nSPS) is 15.3. The molecule has 0 bridgehead atoms. The van der Waals surface area contributed by atoms with Gasteiger partial charge in [0, 0.05) is 18.8 Å². The topological polar surface area (TPSA) is 49.4 Å². The van der Waals surface area contributed by atoms with Crippen molar-refractivity contribution in [3.05, 3.63) is 29.3 Å². The van der Waals surface area contributed by atoms with Crippen LogP contribution < -0.4 is 5.32 Å². The zero-order valence-corrected chi connectivity index (χ0v) is 13.1. The van der Waals surface area contributed by atoms with Gasteiger partial charge in [-0.2, -0.15) is 0 Å².